The number of halogens is 2. The van der Waals surface area contributed by atoms with E-state index in [-0.39, 0.29) is 22.7 Å². The second kappa shape index (κ2) is 4.00. The van der Waals surface area contributed by atoms with Gasteiger partial charge in [0.05, 0.1) is 10.7 Å². The minimum Gasteiger partial charge on any atom is -0.478 e. The van der Waals surface area contributed by atoms with Crippen LogP contribution in [0.25, 0.3) is 0 Å². The molecule has 0 radical (unpaired) electrons. The van der Waals surface area contributed by atoms with Gasteiger partial charge in [-0.05, 0) is 19.1 Å². The molecule has 0 saturated heterocycles. The van der Waals surface area contributed by atoms with Gasteiger partial charge >= 0.3 is 5.97 Å². The highest BCUT2D eigenvalue weighted by molar-refractivity contribution is 6.31. The topological polar surface area (TPSA) is 58.9 Å². The van der Waals surface area contributed by atoms with E-state index in [2.05, 4.69) is 5.16 Å². The third kappa shape index (κ3) is 1.98. The van der Waals surface area contributed by atoms with Crippen molar-refractivity contribution in [3.63, 3.8) is 0 Å². The Kier molecular flexibility index (Phi) is 2.79. The summed E-state index contributed by atoms with van der Waals surface area (Å²) in [6.45, 7) is 1.38. The van der Waals surface area contributed by atoms with E-state index in [1.54, 1.807) is 6.07 Å². The normalized spacial score (nSPS) is 23.1. The van der Waals surface area contributed by atoms with Gasteiger partial charge in [-0.25, -0.2) is 9.18 Å². The van der Waals surface area contributed by atoms with Crippen molar-refractivity contribution >= 4 is 23.3 Å². The molecular weight excluding hydrogens is 249 g/mol. The molecule has 17 heavy (non-hydrogen) atoms. The van der Waals surface area contributed by atoms with Gasteiger partial charge in [0.1, 0.15) is 0 Å². The molecular formula is C11H9ClFNO3. The second-order valence-electron chi connectivity index (χ2n) is 3.94. The summed E-state index contributed by atoms with van der Waals surface area (Å²) in [7, 11) is 0. The van der Waals surface area contributed by atoms with Crippen molar-refractivity contribution in [2.75, 3.05) is 0 Å². The molecule has 0 fully saturated rings. The molecule has 0 bridgehead atoms. The highest BCUT2D eigenvalue weighted by Crippen LogP contribution is 2.29. The molecule has 0 amide bonds. The smallest absolute Gasteiger partial charge is 0.351 e. The lowest BCUT2D eigenvalue weighted by Gasteiger charge is -2.14. The number of nitrogens with zero attached hydrogens (tertiary/aromatic N) is 1. The van der Waals surface area contributed by atoms with E-state index in [1.165, 1.54) is 19.1 Å². The molecule has 1 aliphatic heterocycles. The van der Waals surface area contributed by atoms with E-state index in [4.69, 9.17) is 21.5 Å². The molecule has 1 unspecified atom stereocenters. The molecule has 1 atom stereocenters. The zero-order chi connectivity index (χ0) is 12.6. The van der Waals surface area contributed by atoms with Crippen LogP contribution in [-0.4, -0.2) is 22.4 Å². The van der Waals surface area contributed by atoms with Crippen LogP contribution in [0, 0.1) is 5.82 Å². The fourth-order valence-corrected chi connectivity index (χ4v) is 1.70. The predicted molar refractivity (Wildman–Crippen MR) is 59.7 cm³/mol. The van der Waals surface area contributed by atoms with Crippen LogP contribution in [0.3, 0.4) is 0 Å². The van der Waals surface area contributed by atoms with Gasteiger partial charge in [-0.2, -0.15) is 0 Å². The Morgan fingerprint density at radius 2 is 2.35 bits per heavy atom. The molecule has 1 aliphatic rings. The summed E-state index contributed by atoms with van der Waals surface area (Å²) in [5.74, 6) is -1.76. The lowest BCUT2D eigenvalue weighted by Crippen LogP contribution is -2.35. The predicted octanol–water partition coefficient (Wildman–Crippen LogP) is 2.45. The number of carbonyl (C=O) groups is 1. The largest absolute Gasteiger partial charge is 0.478 e. The van der Waals surface area contributed by atoms with E-state index in [0.29, 0.717) is 0 Å². The molecule has 1 heterocycles. The van der Waals surface area contributed by atoms with Crippen molar-refractivity contribution in [3.05, 3.63) is 34.6 Å². The van der Waals surface area contributed by atoms with Crippen LogP contribution in [0.2, 0.25) is 5.02 Å². The van der Waals surface area contributed by atoms with E-state index < -0.39 is 17.4 Å². The number of rotatable bonds is 2. The molecule has 0 saturated carbocycles. The second-order valence-corrected chi connectivity index (χ2v) is 4.35. The van der Waals surface area contributed by atoms with Gasteiger partial charge < -0.3 is 9.94 Å². The third-order valence-corrected chi connectivity index (χ3v) is 2.87. The molecule has 1 aromatic carbocycles. The van der Waals surface area contributed by atoms with Crippen LogP contribution >= 0.6 is 11.6 Å². The van der Waals surface area contributed by atoms with Gasteiger partial charge in [-0.15, -0.1) is 0 Å². The number of aliphatic carboxylic acids is 1. The quantitative estimate of drug-likeness (QED) is 0.885. The number of oxime groups is 1. The van der Waals surface area contributed by atoms with Gasteiger partial charge in [0.25, 0.3) is 0 Å². The Balaban J connectivity index is 2.33. The summed E-state index contributed by atoms with van der Waals surface area (Å²) in [6, 6.07) is 4.46. The van der Waals surface area contributed by atoms with Crippen molar-refractivity contribution in [2.45, 2.75) is 18.9 Å². The van der Waals surface area contributed by atoms with E-state index in [1.807, 2.05) is 0 Å². The van der Waals surface area contributed by atoms with Crippen molar-refractivity contribution in [1.29, 1.82) is 0 Å². The highest BCUT2D eigenvalue weighted by atomic mass is 35.5. The Bertz CT molecular complexity index is 517. The van der Waals surface area contributed by atoms with E-state index in [0.717, 1.165) is 0 Å². The van der Waals surface area contributed by atoms with Crippen LogP contribution in [0.4, 0.5) is 4.39 Å². The average Bonchev–Trinajstić information content (AvgIpc) is 2.66. The summed E-state index contributed by atoms with van der Waals surface area (Å²) in [4.78, 5) is 15.8. The molecule has 0 aliphatic carbocycles. The van der Waals surface area contributed by atoms with Crippen molar-refractivity contribution in [1.82, 2.24) is 0 Å². The first-order chi connectivity index (χ1) is 7.94. The zero-order valence-corrected chi connectivity index (χ0v) is 9.66. The number of carboxylic acid groups (broad SMARTS) is 1. The fraction of sp³-hybridized carbons (Fsp3) is 0.273. The van der Waals surface area contributed by atoms with Gasteiger partial charge in [0, 0.05) is 12.0 Å². The molecule has 4 nitrogen and oxygen atoms in total. The molecule has 6 heteroatoms. The van der Waals surface area contributed by atoms with Gasteiger partial charge in [-0.3, -0.25) is 0 Å². The summed E-state index contributed by atoms with van der Waals surface area (Å²) in [5.41, 5.74) is -1.03. The maximum atomic E-state index is 13.7. The first-order valence-electron chi connectivity index (χ1n) is 4.87. The van der Waals surface area contributed by atoms with Crippen molar-refractivity contribution < 1.29 is 19.1 Å². The monoisotopic (exact) mass is 257 g/mol. The molecule has 90 valence electrons. The van der Waals surface area contributed by atoms with E-state index >= 15 is 0 Å². The zero-order valence-electron chi connectivity index (χ0n) is 8.91. The maximum Gasteiger partial charge on any atom is 0.351 e. The van der Waals surface area contributed by atoms with Crippen molar-refractivity contribution in [2.24, 2.45) is 5.16 Å². The van der Waals surface area contributed by atoms with Crippen LogP contribution in [0.15, 0.2) is 23.4 Å². The van der Waals surface area contributed by atoms with Crippen LogP contribution in [0.5, 0.6) is 0 Å². The average molecular weight is 258 g/mol. The van der Waals surface area contributed by atoms with Crippen molar-refractivity contribution in [3.8, 4) is 0 Å². The standard InChI is InChI=1S/C11H9ClFNO3/c1-11(10(15)16)5-8(14-17-11)6-3-2-4-7(12)9(6)13/h2-4H,5H2,1H3,(H,15,16). The van der Waals surface area contributed by atoms with Gasteiger partial charge in [0.15, 0.2) is 5.82 Å². The molecule has 0 aromatic heterocycles. The summed E-state index contributed by atoms with van der Waals surface area (Å²) in [6.07, 6.45) is -0.000401. The van der Waals surface area contributed by atoms with Crippen LogP contribution in [0.1, 0.15) is 18.9 Å². The van der Waals surface area contributed by atoms with Crippen LogP contribution in [-0.2, 0) is 9.63 Å². The third-order valence-electron chi connectivity index (χ3n) is 2.58. The minimum atomic E-state index is -1.44. The van der Waals surface area contributed by atoms with E-state index in [9.17, 15) is 9.18 Å². The summed E-state index contributed by atoms with van der Waals surface area (Å²) >= 11 is 5.64. The Morgan fingerprint density at radius 3 is 2.94 bits per heavy atom. The first-order valence-corrected chi connectivity index (χ1v) is 5.25. The Labute approximate surface area is 102 Å². The Morgan fingerprint density at radius 1 is 1.65 bits per heavy atom. The molecule has 1 aromatic rings. The maximum absolute atomic E-state index is 13.7. The number of carboxylic acids is 1. The SMILES string of the molecule is CC1(C(=O)O)CC(c2cccc(Cl)c2F)=NO1. The molecule has 1 N–H and O–H groups in total. The summed E-state index contributed by atoms with van der Waals surface area (Å²) in [5, 5.41) is 12.5. The summed E-state index contributed by atoms with van der Waals surface area (Å²) < 4.78 is 13.7. The fourth-order valence-electron chi connectivity index (χ4n) is 1.53. The minimum absolute atomic E-state index is 0.000401. The number of hydrogen-bond donors (Lipinski definition) is 1. The molecule has 0 spiro atoms. The first kappa shape index (κ1) is 11.9. The number of hydrogen-bond acceptors (Lipinski definition) is 3. The van der Waals surface area contributed by atoms with Gasteiger partial charge in [0.2, 0.25) is 5.60 Å². The lowest BCUT2D eigenvalue weighted by atomic mass is 9.96. The Hall–Kier alpha value is -1.62. The highest BCUT2D eigenvalue weighted by Gasteiger charge is 2.42. The number of benzene rings is 1. The molecule has 2 rings (SSSR count). The van der Waals surface area contributed by atoms with Crippen LogP contribution < -0.4 is 0 Å². The van der Waals surface area contributed by atoms with Gasteiger partial charge in [-0.1, -0.05) is 22.8 Å². The lowest BCUT2D eigenvalue weighted by molar-refractivity contribution is -0.160.